The Balaban J connectivity index is 1.83. The van der Waals surface area contributed by atoms with Crippen LogP contribution in [0.5, 0.6) is 11.5 Å². The number of aromatic nitrogens is 2. The molecular weight excluding hydrogens is 394 g/mol. The van der Waals surface area contributed by atoms with Gasteiger partial charge in [0.15, 0.2) is 0 Å². The Kier molecular flexibility index (Phi) is 5.73. The van der Waals surface area contributed by atoms with E-state index >= 15 is 0 Å². The van der Waals surface area contributed by atoms with Crippen LogP contribution in [0.4, 0.5) is 0 Å². The fourth-order valence-corrected chi connectivity index (χ4v) is 5.05. The van der Waals surface area contributed by atoms with Crippen molar-refractivity contribution in [1.29, 1.82) is 0 Å². The number of fused-ring (bicyclic) bond motifs is 1. The highest BCUT2D eigenvalue weighted by molar-refractivity contribution is 7.13. The van der Waals surface area contributed by atoms with Gasteiger partial charge in [-0.2, -0.15) is 0 Å². The molecule has 0 saturated carbocycles. The zero-order valence-electron chi connectivity index (χ0n) is 18.9. The van der Waals surface area contributed by atoms with E-state index in [2.05, 4.69) is 64.1 Å². The Labute approximate surface area is 183 Å². The third kappa shape index (κ3) is 3.67. The highest BCUT2D eigenvalue weighted by Crippen LogP contribution is 2.38. The maximum Gasteiger partial charge on any atom is 0.142 e. The molecule has 0 bridgehead atoms. The Morgan fingerprint density at radius 1 is 1.17 bits per heavy atom. The van der Waals surface area contributed by atoms with Crippen LogP contribution in [0.3, 0.4) is 0 Å². The third-order valence-corrected chi connectivity index (χ3v) is 7.37. The normalized spacial score (nSPS) is 22.2. The molecule has 3 heterocycles. The predicted molar refractivity (Wildman–Crippen MR) is 124 cm³/mol. The Bertz CT molecular complexity index is 1060. The maximum absolute atomic E-state index is 6.64. The summed E-state index contributed by atoms with van der Waals surface area (Å²) in [7, 11) is 3.86. The number of hydrogen-bond acceptors (Lipinski definition) is 6. The smallest absolute Gasteiger partial charge is 0.142 e. The van der Waals surface area contributed by atoms with Crippen LogP contribution in [-0.2, 0) is 0 Å². The summed E-state index contributed by atoms with van der Waals surface area (Å²) in [5, 5.41) is 4.07. The summed E-state index contributed by atoms with van der Waals surface area (Å²) in [5.74, 6) is 2.56. The number of thiazole rings is 1. The van der Waals surface area contributed by atoms with E-state index in [1.54, 1.807) is 18.4 Å². The highest BCUT2D eigenvalue weighted by Gasteiger charge is 2.36. The van der Waals surface area contributed by atoms with E-state index in [4.69, 9.17) is 19.4 Å². The molecule has 0 radical (unpaired) electrons. The molecule has 160 valence electrons. The van der Waals surface area contributed by atoms with Crippen molar-refractivity contribution in [2.24, 2.45) is 5.92 Å². The topological polar surface area (TPSA) is 47.5 Å². The van der Waals surface area contributed by atoms with Crippen LogP contribution in [0.25, 0.3) is 21.6 Å². The second-order valence-electron chi connectivity index (χ2n) is 8.72. The van der Waals surface area contributed by atoms with E-state index in [1.807, 2.05) is 6.07 Å². The lowest BCUT2D eigenvalue weighted by molar-refractivity contribution is 0.176. The minimum absolute atomic E-state index is 0.147. The summed E-state index contributed by atoms with van der Waals surface area (Å²) < 4.78 is 12.2. The molecule has 4 rings (SSSR count). The average Bonchev–Trinajstić information content (AvgIpc) is 3.31. The van der Waals surface area contributed by atoms with Crippen molar-refractivity contribution >= 4 is 22.2 Å². The number of aryl methyl sites for hydroxylation is 1. The Morgan fingerprint density at radius 2 is 1.93 bits per heavy atom. The van der Waals surface area contributed by atoms with Crippen LogP contribution >= 0.6 is 11.3 Å². The monoisotopic (exact) mass is 425 g/mol. The molecule has 0 spiro atoms. The van der Waals surface area contributed by atoms with E-state index in [1.165, 1.54) is 0 Å². The number of likely N-dealkylation sites (N-methyl/N-ethyl adjacent to an activating group) is 1. The summed E-state index contributed by atoms with van der Waals surface area (Å²) >= 11 is 1.64. The molecule has 1 fully saturated rings. The summed E-state index contributed by atoms with van der Waals surface area (Å²) in [6.07, 6.45) is 0.147. The van der Waals surface area contributed by atoms with Crippen LogP contribution < -0.4 is 9.47 Å². The summed E-state index contributed by atoms with van der Waals surface area (Å²) in [6.45, 7) is 11.8. The maximum atomic E-state index is 6.64. The molecule has 3 aromatic rings. The number of likely N-dealkylation sites (tertiary alicyclic amines) is 1. The van der Waals surface area contributed by atoms with E-state index in [-0.39, 0.29) is 6.10 Å². The number of benzene rings is 1. The standard InChI is InChI=1S/C24H31N3O2S/c1-13(2)19-12-30-24(26-19)18-10-21(29-22-11-27(6)16(5)14(22)3)17-8-9-20(28-7)15(4)23(17)25-18/h8-10,12-14,16,22H,11H2,1-7H3. The molecule has 0 aliphatic carbocycles. The largest absolute Gasteiger partial charge is 0.496 e. The third-order valence-electron chi connectivity index (χ3n) is 6.49. The van der Waals surface area contributed by atoms with Crippen molar-refractivity contribution in [3.63, 3.8) is 0 Å². The van der Waals surface area contributed by atoms with Gasteiger partial charge in [0.25, 0.3) is 0 Å². The van der Waals surface area contributed by atoms with Crippen LogP contribution in [0.2, 0.25) is 0 Å². The lowest BCUT2D eigenvalue weighted by atomic mass is 10.0. The number of rotatable bonds is 5. The first-order chi connectivity index (χ1) is 14.3. The lowest BCUT2D eigenvalue weighted by Gasteiger charge is -2.21. The molecule has 3 unspecified atom stereocenters. The number of hydrogen-bond donors (Lipinski definition) is 0. The first kappa shape index (κ1) is 21.1. The number of pyridine rings is 1. The minimum Gasteiger partial charge on any atom is -0.496 e. The SMILES string of the molecule is COc1ccc2c(OC3CN(C)C(C)C3C)cc(-c3nc(C(C)C)cs3)nc2c1C. The molecule has 2 aromatic heterocycles. The van der Waals surface area contributed by atoms with Gasteiger partial charge in [-0.3, -0.25) is 4.90 Å². The lowest BCUT2D eigenvalue weighted by Crippen LogP contribution is -2.25. The van der Waals surface area contributed by atoms with Crippen molar-refractivity contribution in [2.45, 2.75) is 52.7 Å². The zero-order valence-corrected chi connectivity index (χ0v) is 19.7. The molecule has 6 heteroatoms. The van der Waals surface area contributed by atoms with Gasteiger partial charge in [-0.05, 0) is 38.9 Å². The molecule has 5 nitrogen and oxygen atoms in total. The van der Waals surface area contributed by atoms with Crippen LogP contribution in [0.1, 0.15) is 44.9 Å². The molecule has 1 aromatic carbocycles. The second-order valence-corrected chi connectivity index (χ2v) is 9.58. The molecule has 30 heavy (non-hydrogen) atoms. The van der Waals surface area contributed by atoms with Gasteiger partial charge in [0, 0.05) is 40.9 Å². The van der Waals surface area contributed by atoms with Crippen molar-refractivity contribution in [1.82, 2.24) is 14.9 Å². The zero-order chi connectivity index (χ0) is 21.6. The fourth-order valence-electron chi connectivity index (χ4n) is 4.11. The predicted octanol–water partition coefficient (Wildman–Crippen LogP) is 5.52. The van der Waals surface area contributed by atoms with Crippen LogP contribution in [0, 0.1) is 12.8 Å². The van der Waals surface area contributed by atoms with Gasteiger partial charge >= 0.3 is 0 Å². The first-order valence-electron chi connectivity index (χ1n) is 10.6. The van der Waals surface area contributed by atoms with Gasteiger partial charge in [0.05, 0.1) is 18.3 Å². The Morgan fingerprint density at radius 3 is 2.53 bits per heavy atom. The number of nitrogens with zero attached hydrogens (tertiary/aromatic N) is 3. The molecule has 1 saturated heterocycles. The van der Waals surface area contributed by atoms with Crippen LogP contribution in [0.15, 0.2) is 23.6 Å². The molecular formula is C24H31N3O2S. The summed E-state index contributed by atoms with van der Waals surface area (Å²) in [5.41, 5.74) is 3.89. The summed E-state index contributed by atoms with van der Waals surface area (Å²) in [4.78, 5) is 12.2. The highest BCUT2D eigenvalue weighted by atomic mass is 32.1. The van der Waals surface area contributed by atoms with Gasteiger partial charge in [0.2, 0.25) is 0 Å². The number of methoxy groups -OCH3 is 1. The van der Waals surface area contributed by atoms with E-state index in [0.29, 0.717) is 17.9 Å². The van der Waals surface area contributed by atoms with Gasteiger partial charge in [-0.15, -0.1) is 11.3 Å². The van der Waals surface area contributed by atoms with E-state index < -0.39 is 0 Å². The van der Waals surface area contributed by atoms with Crippen LogP contribution in [-0.4, -0.2) is 47.7 Å². The average molecular weight is 426 g/mol. The minimum atomic E-state index is 0.147. The molecule has 3 atom stereocenters. The second kappa shape index (κ2) is 8.16. The van der Waals surface area contributed by atoms with Crippen molar-refractivity contribution in [3.8, 4) is 22.2 Å². The molecule has 1 aliphatic rings. The molecule has 0 amide bonds. The van der Waals surface area contributed by atoms with Crippen molar-refractivity contribution in [2.75, 3.05) is 20.7 Å². The molecule has 1 aliphatic heterocycles. The summed E-state index contributed by atoms with van der Waals surface area (Å²) in [6, 6.07) is 6.62. The van der Waals surface area contributed by atoms with E-state index in [0.717, 1.165) is 50.9 Å². The van der Waals surface area contributed by atoms with Gasteiger partial charge < -0.3 is 9.47 Å². The number of ether oxygens (including phenoxy) is 2. The van der Waals surface area contributed by atoms with Crippen molar-refractivity contribution in [3.05, 3.63) is 34.8 Å². The Hall–Kier alpha value is -2.18. The van der Waals surface area contributed by atoms with Gasteiger partial charge in [-0.25, -0.2) is 9.97 Å². The fraction of sp³-hybridized carbons (Fsp3) is 0.500. The quantitative estimate of drug-likeness (QED) is 0.539. The van der Waals surface area contributed by atoms with E-state index in [9.17, 15) is 0 Å². The van der Waals surface area contributed by atoms with Crippen molar-refractivity contribution < 1.29 is 9.47 Å². The van der Waals surface area contributed by atoms with Gasteiger partial charge in [-0.1, -0.05) is 20.8 Å². The van der Waals surface area contributed by atoms with Gasteiger partial charge in [0.1, 0.15) is 28.3 Å². The first-order valence-corrected chi connectivity index (χ1v) is 11.5. The molecule has 0 N–H and O–H groups in total.